The molecule has 2 heterocycles. The minimum atomic E-state index is -1.70. The van der Waals surface area contributed by atoms with Crippen LogP contribution in [0.25, 0.3) is 11.1 Å². The van der Waals surface area contributed by atoms with Crippen LogP contribution in [-0.2, 0) is 75.1 Å². The first kappa shape index (κ1) is 49.8. The topological polar surface area (TPSA) is 254 Å². The highest BCUT2D eigenvalue weighted by Gasteiger charge is 2.53. The molecule has 1 aromatic heterocycles. The van der Waals surface area contributed by atoms with E-state index in [0.717, 1.165) is 65.6 Å². The van der Waals surface area contributed by atoms with Gasteiger partial charge in [-0.25, -0.2) is 14.4 Å². The third-order valence-electron chi connectivity index (χ3n) is 11.2. The van der Waals surface area contributed by atoms with Crippen LogP contribution >= 0.6 is 0 Å². The van der Waals surface area contributed by atoms with Crippen LogP contribution in [0.15, 0.2) is 94.6 Å². The molecule has 0 radical (unpaired) electrons. The predicted molar refractivity (Wildman–Crippen MR) is 237 cm³/mol. The molecule has 20 nitrogen and oxygen atoms in total. The van der Waals surface area contributed by atoms with Gasteiger partial charge in [0.15, 0.2) is 18.3 Å². The molecule has 0 spiro atoms. The van der Waals surface area contributed by atoms with E-state index in [0.29, 0.717) is 5.56 Å². The summed E-state index contributed by atoms with van der Waals surface area (Å²) < 4.78 is 40.8. The van der Waals surface area contributed by atoms with Crippen LogP contribution in [0.1, 0.15) is 62.3 Å². The smallest absolute Gasteiger partial charge is 0.407 e. The average molecular weight is 941 g/mol. The molecule has 6 rings (SSSR count). The summed E-state index contributed by atoms with van der Waals surface area (Å²) in [7, 11) is 0. The molecule has 68 heavy (non-hydrogen) atoms. The van der Waals surface area contributed by atoms with Crippen LogP contribution < -0.4 is 16.6 Å². The summed E-state index contributed by atoms with van der Waals surface area (Å²) >= 11 is 0. The Kier molecular flexibility index (Phi) is 16.6. The lowest BCUT2D eigenvalue weighted by atomic mass is 9.90. The highest BCUT2D eigenvalue weighted by atomic mass is 16.7. The minimum Gasteiger partial charge on any atom is -0.463 e. The zero-order chi connectivity index (χ0) is 49.1. The van der Waals surface area contributed by atoms with Crippen molar-refractivity contribution in [1.29, 1.82) is 0 Å². The summed E-state index contributed by atoms with van der Waals surface area (Å²) in [5.74, 6) is -5.60. The fourth-order valence-corrected chi connectivity index (χ4v) is 8.26. The van der Waals surface area contributed by atoms with E-state index in [-0.39, 0.29) is 31.2 Å². The van der Waals surface area contributed by atoms with Crippen LogP contribution in [0, 0.1) is 6.92 Å². The number of hydrogen-bond donors (Lipinski definition) is 2. The maximum Gasteiger partial charge on any atom is 0.407 e. The number of benzene rings is 3. The molecule has 0 bridgehead atoms. The molecule has 3 aromatic carbocycles. The molecule has 0 saturated carbocycles. The molecule has 1 saturated heterocycles. The molecular weight excluding hydrogens is 889 g/mol. The second-order valence-corrected chi connectivity index (χ2v) is 16.1. The second-order valence-electron chi connectivity index (χ2n) is 16.1. The third kappa shape index (κ3) is 12.6. The molecule has 1 unspecified atom stereocenters. The van der Waals surface area contributed by atoms with Gasteiger partial charge in [-0.15, -0.1) is 0 Å². The van der Waals surface area contributed by atoms with Crippen LogP contribution in [0.3, 0.4) is 0 Å². The maximum absolute atomic E-state index is 14.6. The van der Waals surface area contributed by atoms with Gasteiger partial charge in [0, 0.05) is 64.9 Å². The minimum absolute atomic E-state index is 0.0334. The number of amides is 2. The number of fused-ring (bicyclic) bond motifs is 3. The van der Waals surface area contributed by atoms with E-state index in [9.17, 15) is 43.2 Å². The molecule has 20 heteroatoms. The van der Waals surface area contributed by atoms with Crippen molar-refractivity contribution >= 4 is 41.8 Å². The molecule has 2 amide bonds. The number of esters is 5. The monoisotopic (exact) mass is 940 g/mol. The lowest BCUT2D eigenvalue weighted by Crippen LogP contribution is -2.64. The highest BCUT2D eigenvalue weighted by Crippen LogP contribution is 2.44. The number of aromatic amines is 1. The van der Waals surface area contributed by atoms with Crippen molar-refractivity contribution in [3.63, 3.8) is 0 Å². The number of H-pyrrole nitrogens is 1. The van der Waals surface area contributed by atoms with Gasteiger partial charge in [0.25, 0.3) is 5.56 Å². The van der Waals surface area contributed by atoms with Crippen molar-refractivity contribution in [2.24, 2.45) is 0 Å². The first-order valence-corrected chi connectivity index (χ1v) is 21.7. The van der Waals surface area contributed by atoms with Gasteiger partial charge in [-0.1, -0.05) is 78.9 Å². The van der Waals surface area contributed by atoms with Crippen molar-refractivity contribution in [3.8, 4) is 11.1 Å². The molecule has 1 aliphatic heterocycles. The number of hydrogen-bond acceptors (Lipinski definition) is 16. The van der Waals surface area contributed by atoms with E-state index in [4.69, 9.17) is 33.2 Å². The number of aromatic nitrogens is 2. The summed E-state index contributed by atoms with van der Waals surface area (Å²) in [6.07, 6.45) is -7.94. The predicted octanol–water partition coefficient (Wildman–Crippen LogP) is 2.84. The molecular formula is C48H52N4O16. The summed E-state index contributed by atoms with van der Waals surface area (Å²) in [6.45, 7) is 3.31. The Morgan fingerprint density at radius 3 is 1.88 bits per heavy atom. The summed E-state index contributed by atoms with van der Waals surface area (Å²) in [5.41, 5.74) is 3.03. The lowest BCUT2D eigenvalue weighted by Gasteiger charge is -2.45. The normalized spacial score (nSPS) is 18.7. The number of carbonyl (C=O) groups excluding carboxylic acids is 7. The number of aryl methyl sites for hydroxylation is 1. The van der Waals surface area contributed by atoms with Crippen molar-refractivity contribution in [2.45, 2.75) is 96.7 Å². The second kappa shape index (κ2) is 22.7. The fraction of sp³-hybridized carbons (Fsp3) is 0.396. The summed E-state index contributed by atoms with van der Waals surface area (Å²) in [4.78, 5) is 121. The molecule has 1 fully saturated rings. The zero-order valence-corrected chi connectivity index (χ0v) is 38.0. The Morgan fingerprint density at radius 1 is 0.706 bits per heavy atom. The van der Waals surface area contributed by atoms with E-state index in [1.165, 1.54) is 6.92 Å². The number of nitrogens with zero attached hydrogens (tertiary/aromatic N) is 2. The van der Waals surface area contributed by atoms with Crippen LogP contribution in [0.4, 0.5) is 4.79 Å². The Bertz CT molecular complexity index is 2580. The van der Waals surface area contributed by atoms with Gasteiger partial charge in [0.1, 0.15) is 44.6 Å². The van der Waals surface area contributed by atoms with Gasteiger partial charge in [0.2, 0.25) is 5.91 Å². The largest absolute Gasteiger partial charge is 0.463 e. The third-order valence-corrected chi connectivity index (χ3v) is 11.2. The van der Waals surface area contributed by atoms with E-state index in [1.807, 2.05) is 48.5 Å². The number of carbonyl (C=O) groups is 7. The number of nitrogens with one attached hydrogen (secondary N) is 2. The number of rotatable bonds is 18. The van der Waals surface area contributed by atoms with E-state index >= 15 is 0 Å². The number of ether oxygens (including phenoxy) is 7. The van der Waals surface area contributed by atoms with Gasteiger partial charge in [-0.2, -0.15) is 0 Å². The summed E-state index contributed by atoms with van der Waals surface area (Å²) in [5, 5.41) is 2.63. The van der Waals surface area contributed by atoms with Gasteiger partial charge >= 0.3 is 41.6 Å². The van der Waals surface area contributed by atoms with Crippen molar-refractivity contribution in [2.75, 3.05) is 26.3 Å². The summed E-state index contributed by atoms with van der Waals surface area (Å²) in [6, 6.07) is 22.4. The average Bonchev–Trinajstić information content (AvgIpc) is 3.61. The van der Waals surface area contributed by atoms with Crippen molar-refractivity contribution < 1.29 is 66.7 Å². The van der Waals surface area contributed by atoms with E-state index < -0.39 is 116 Å². The molecule has 1 aliphatic carbocycles. The highest BCUT2D eigenvalue weighted by molar-refractivity contribution is 5.85. The number of alkyl carbamates (subject to hydrolysis) is 1. The molecule has 6 atom stereocenters. The maximum atomic E-state index is 14.6. The Balaban J connectivity index is 1.34. The lowest BCUT2D eigenvalue weighted by molar-refractivity contribution is -0.255. The first-order chi connectivity index (χ1) is 32.5. The van der Waals surface area contributed by atoms with Gasteiger partial charge in [0.05, 0.1) is 0 Å². The Morgan fingerprint density at radius 2 is 1.28 bits per heavy atom. The van der Waals surface area contributed by atoms with Crippen molar-refractivity contribution in [3.05, 3.63) is 128 Å². The molecule has 2 N–H and O–H groups in total. The van der Waals surface area contributed by atoms with Gasteiger partial charge in [-0.3, -0.25) is 38.3 Å². The van der Waals surface area contributed by atoms with Crippen molar-refractivity contribution in [1.82, 2.24) is 19.8 Å². The van der Waals surface area contributed by atoms with Gasteiger partial charge in [-0.05, 0) is 34.7 Å². The Hall–Kier alpha value is -7.61. The quantitative estimate of drug-likeness (QED) is 0.107. The van der Waals surface area contributed by atoms with Crippen LogP contribution in [-0.4, -0.2) is 119 Å². The molecule has 2 aliphatic rings. The fourth-order valence-electron chi connectivity index (χ4n) is 8.26. The van der Waals surface area contributed by atoms with Gasteiger partial charge < -0.3 is 43.4 Å². The molecule has 4 aromatic rings. The molecule has 360 valence electrons. The Labute approximate surface area is 389 Å². The zero-order valence-electron chi connectivity index (χ0n) is 38.0. The van der Waals surface area contributed by atoms with E-state index in [1.54, 1.807) is 30.3 Å². The van der Waals surface area contributed by atoms with E-state index in [2.05, 4.69) is 10.3 Å². The SMILES string of the molecule is CC(=O)OC[C@H]1O[C@@H](CC(C(=O)OCc2ccccc2)N(CCNC(=O)OCC2c3ccccc3-c3ccccc32)C(=O)Cn2cc(C)c(=O)[nH]c2=O)[C@H](OC(C)=O)[C@@H](OC(C)=O)[C@H]1OC(C)=O. The van der Waals surface area contributed by atoms with Crippen LogP contribution in [0.5, 0.6) is 0 Å². The first-order valence-electron chi connectivity index (χ1n) is 21.7. The van der Waals surface area contributed by atoms with Crippen LogP contribution in [0.2, 0.25) is 0 Å². The standard InChI is InChI=1S/C48H52N4O16/c1-27-22-51(47(60)50-45(27)58)23-41(57)52(20-19-49-48(61)64-25-37-35-17-11-9-15-33(35)34-16-10-12-18-36(34)37)38(46(59)63-24-32-13-7-6-8-14-32)21-39-42(65-29(3)54)44(67-31(5)56)43(66-30(4)55)40(68-39)26-62-28(2)53/h6-18,22,37-40,42-44H,19-21,23-26H2,1-5H3,(H,49,61)(H,50,58,60)/t38?,39-,40+,42-,43-,44+/m0/s1.